The van der Waals surface area contributed by atoms with Crippen molar-refractivity contribution in [2.45, 2.75) is 69.0 Å². The first-order valence-electron chi connectivity index (χ1n) is 7.89. The number of benzene rings is 1. The molecule has 1 aliphatic rings. The monoisotopic (exact) mass is 302 g/mol. The van der Waals surface area contributed by atoms with Crippen molar-refractivity contribution in [2.75, 3.05) is 0 Å². The van der Waals surface area contributed by atoms with E-state index in [4.69, 9.17) is 0 Å². The predicted octanol–water partition coefficient (Wildman–Crippen LogP) is 4.43. The highest BCUT2D eigenvalue weighted by Crippen LogP contribution is 2.36. The molecule has 3 heteroatoms. The van der Waals surface area contributed by atoms with Gasteiger partial charge in [-0.2, -0.15) is 17.0 Å². The Kier molecular flexibility index (Phi) is 5.72. The van der Waals surface area contributed by atoms with E-state index in [1.165, 1.54) is 17.5 Å². The molecule has 0 saturated heterocycles. The summed E-state index contributed by atoms with van der Waals surface area (Å²) >= 11 is 2.01. The van der Waals surface area contributed by atoms with Crippen molar-refractivity contribution in [3.05, 3.63) is 35.4 Å². The maximum atomic E-state index is 9.61. The van der Waals surface area contributed by atoms with Crippen LogP contribution in [0, 0.1) is 18.3 Å². The summed E-state index contributed by atoms with van der Waals surface area (Å²) in [5, 5.41) is 13.7. The summed E-state index contributed by atoms with van der Waals surface area (Å²) in [4.78, 5) is 0. The van der Waals surface area contributed by atoms with Gasteiger partial charge in [0.25, 0.3) is 0 Å². The van der Waals surface area contributed by atoms with Crippen LogP contribution in [0.25, 0.3) is 0 Å². The first-order chi connectivity index (χ1) is 10.0. The Bertz CT molecular complexity index is 506. The van der Waals surface area contributed by atoms with E-state index in [2.05, 4.69) is 56.4 Å². The molecule has 0 aromatic heterocycles. The number of aryl methyl sites for hydroxylation is 1. The summed E-state index contributed by atoms with van der Waals surface area (Å²) in [6.07, 6.45) is 4.35. The summed E-state index contributed by atoms with van der Waals surface area (Å²) in [6, 6.07) is 11.7. The third-order valence-corrected chi connectivity index (χ3v) is 5.43. The maximum Gasteiger partial charge on any atom is 0.108 e. The van der Waals surface area contributed by atoms with Gasteiger partial charge < -0.3 is 0 Å². The largest absolute Gasteiger partial charge is 0.297 e. The molecule has 1 aromatic carbocycles. The van der Waals surface area contributed by atoms with Crippen LogP contribution in [0.2, 0.25) is 0 Å². The second-order valence-corrected chi connectivity index (χ2v) is 7.80. The average molecular weight is 302 g/mol. The smallest absolute Gasteiger partial charge is 0.108 e. The van der Waals surface area contributed by atoms with Gasteiger partial charge >= 0.3 is 0 Å². The molecule has 2 rings (SSSR count). The molecule has 1 N–H and O–H groups in total. The van der Waals surface area contributed by atoms with Gasteiger partial charge in [0, 0.05) is 17.0 Å². The zero-order valence-corrected chi connectivity index (χ0v) is 14.2. The quantitative estimate of drug-likeness (QED) is 0.874. The highest BCUT2D eigenvalue weighted by molar-refractivity contribution is 7.99. The molecular weight excluding hydrogens is 276 g/mol. The second kappa shape index (κ2) is 7.33. The molecule has 0 spiro atoms. The first-order valence-corrected chi connectivity index (χ1v) is 8.94. The zero-order chi connectivity index (χ0) is 15.3. The molecule has 114 valence electrons. The molecule has 0 radical (unpaired) electrons. The Balaban J connectivity index is 1.93. The van der Waals surface area contributed by atoms with Crippen molar-refractivity contribution in [1.29, 1.82) is 5.26 Å². The minimum atomic E-state index is -0.309. The molecule has 1 fully saturated rings. The number of hydrogen-bond acceptors (Lipinski definition) is 3. The highest BCUT2D eigenvalue weighted by atomic mass is 32.2. The van der Waals surface area contributed by atoms with Gasteiger partial charge in [0.15, 0.2) is 0 Å². The molecular formula is C18H26N2S. The summed E-state index contributed by atoms with van der Waals surface area (Å²) in [7, 11) is 0. The lowest BCUT2D eigenvalue weighted by Gasteiger charge is -2.37. The zero-order valence-electron chi connectivity index (χ0n) is 13.4. The van der Waals surface area contributed by atoms with Crippen molar-refractivity contribution in [2.24, 2.45) is 0 Å². The van der Waals surface area contributed by atoms with Gasteiger partial charge in [-0.25, -0.2) is 0 Å². The van der Waals surface area contributed by atoms with Crippen LogP contribution in [-0.4, -0.2) is 16.8 Å². The molecule has 2 atom stereocenters. The number of thioether (sulfide) groups is 1. The second-order valence-electron chi connectivity index (χ2n) is 6.51. The fourth-order valence-electron chi connectivity index (χ4n) is 3.20. The van der Waals surface area contributed by atoms with Crippen LogP contribution in [0.3, 0.4) is 0 Å². The third-order valence-electron chi connectivity index (χ3n) is 4.05. The Morgan fingerprint density at radius 2 is 2.29 bits per heavy atom. The van der Waals surface area contributed by atoms with E-state index in [9.17, 15) is 5.26 Å². The molecule has 0 aliphatic heterocycles. The highest BCUT2D eigenvalue weighted by Gasteiger charge is 2.36. The Morgan fingerprint density at radius 1 is 1.48 bits per heavy atom. The van der Waals surface area contributed by atoms with Crippen LogP contribution >= 0.6 is 11.8 Å². The van der Waals surface area contributed by atoms with Crippen LogP contribution in [0.5, 0.6) is 0 Å². The summed E-state index contributed by atoms with van der Waals surface area (Å²) in [5.41, 5.74) is 2.41. The van der Waals surface area contributed by atoms with Gasteiger partial charge in [-0.05, 0) is 52.0 Å². The normalized spacial score (nSPS) is 25.8. The van der Waals surface area contributed by atoms with E-state index in [0.717, 1.165) is 25.0 Å². The van der Waals surface area contributed by atoms with Crippen molar-refractivity contribution in [3.63, 3.8) is 0 Å². The molecule has 21 heavy (non-hydrogen) atoms. The Hall–Kier alpha value is -0.980. The first kappa shape index (κ1) is 16.4. The van der Waals surface area contributed by atoms with Crippen molar-refractivity contribution >= 4 is 11.8 Å². The van der Waals surface area contributed by atoms with E-state index >= 15 is 0 Å². The lowest BCUT2D eigenvalue weighted by molar-refractivity contribution is 0.284. The number of nitrogens with one attached hydrogen (secondary N) is 1. The number of nitriles is 1. The van der Waals surface area contributed by atoms with E-state index in [1.54, 1.807) is 0 Å². The van der Waals surface area contributed by atoms with E-state index in [1.807, 2.05) is 11.8 Å². The van der Waals surface area contributed by atoms with Crippen LogP contribution in [-0.2, 0) is 5.75 Å². The number of hydrogen-bond donors (Lipinski definition) is 1. The molecule has 0 amide bonds. The molecule has 0 heterocycles. The van der Waals surface area contributed by atoms with E-state index < -0.39 is 0 Å². The van der Waals surface area contributed by atoms with Crippen LogP contribution in [0.4, 0.5) is 0 Å². The fourth-order valence-corrected chi connectivity index (χ4v) is 4.54. The topological polar surface area (TPSA) is 35.8 Å². The molecule has 2 nitrogen and oxygen atoms in total. The van der Waals surface area contributed by atoms with E-state index in [0.29, 0.717) is 11.3 Å². The van der Waals surface area contributed by atoms with Crippen LogP contribution in [0.15, 0.2) is 24.3 Å². The molecule has 1 saturated carbocycles. The van der Waals surface area contributed by atoms with Crippen molar-refractivity contribution < 1.29 is 0 Å². The number of nitrogens with zero attached hydrogens (tertiary/aromatic N) is 1. The number of rotatable bonds is 5. The van der Waals surface area contributed by atoms with Crippen LogP contribution in [0.1, 0.15) is 50.7 Å². The summed E-state index contributed by atoms with van der Waals surface area (Å²) in [5.74, 6) is 1.05. The minimum Gasteiger partial charge on any atom is -0.297 e. The van der Waals surface area contributed by atoms with Gasteiger partial charge in [-0.1, -0.05) is 29.8 Å². The fraction of sp³-hybridized carbons (Fsp3) is 0.611. The Labute approximate surface area is 133 Å². The maximum absolute atomic E-state index is 9.61. The van der Waals surface area contributed by atoms with Crippen molar-refractivity contribution in [1.82, 2.24) is 5.32 Å². The lowest BCUT2D eigenvalue weighted by atomic mass is 9.82. The molecule has 1 aromatic rings. The molecule has 2 unspecified atom stereocenters. The van der Waals surface area contributed by atoms with Gasteiger partial charge in [0.2, 0.25) is 0 Å². The average Bonchev–Trinajstić information content (AvgIpc) is 2.45. The van der Waals surface area contributed by atoms with Crippen molar-refractivity contribution in [3.8, 4) is 6.07 Å². The van der Waals surface area contributed by atoms with Gasteiger partial charge in [0.1, 0.15) is 5.54 Å². The minimum absolute atomic E-state index is 0.309. The Morgan fingerprint density at radius 3 is 2.95 bits per heavy atom. The van der Waals surface area contributed by atoms with Gasteiger partial charge in [-0.15, -0.1) is 0 Å². The third kappa shape index (κ3) is 4.76. The van der Waals surface area contributed by atoms with Crippen LogP contribution < -0.4 is 5.32 Å². The predicted molar refractivity (Wildman–Crippen MR) is 91.3 cm³/mol. The SMILES string of the molecule is Cc1cccc(CSC2CCCC(C#N)(NC(C)C)C2)c1. The lowest BCUT2D eigenvalue weighted by Crippen LogP contribution is -2.51. The standard InChI is InChI=1S/C18H26N2S/c1-14(2)20-18(13-19)9-5-8-17(11-18)21-12-16-7-4-6-15(3)10-16/h4,6-7,10,14,17,20H,5,8-9,11-12H2,1-3H3. The summed E-state index contributed by atoms with van der Waals surface area (Å²) in [6.45, 7) is 6.40. The van der Waals surface area contributed by atoms with E-state index in [-0.39, 0.29) is 5.54 Å². The summed E-state index contributed by atoms with van der Waals surface area (Å²) < 4.78 is 0. The van der Waals surface area contributed by atoms with Gasteiger partial charge in [-0.3, -0.25) is 5.32 Å². The molecule has 0 bridgehead atoms. The van der Waals surface area contributed by atoms with Gasteiger partial charge in [0.05, 0.1) is 6.07 Å². The molecule has 1 aliphatic carbocycles.